The summed E-state index contributed by atoms with van der Waals surface area (Å²) in [6.45, 7) is 10.7. The highest BCUT2D eigenvalue weighted by Crippen LogP contribution is 2.31. The van der Waals surface area contributed by atoms with E-state index in [4.69, 9.17) is 27.9 Å². The van der Waals surface area contributed by atoms with E-state index in [1.807, 2.05) is 18.2 Å². The van der Waals surface area contributed by atoms with Crippen LogP contribution in [0.25, 0.3) is 0 Å². The van der Waals surface area contributed by atoms with Gasteiger partial charge in [0.15, 0.2) is 11.5 Å². The lowest BCUT2D eigenvalue weighted by Gasteiger charge is -2.24. The van der Waals surface area contributed by atoms with E-state index in [-0.39, 0.29) is 17.3 Å². The first-order valence-electron chi connectivity index (χ1n) is 12.9. The molecule has 3 rings (SSSR count). The minimum Gasteiger partial charge on any atom is -0.444 e. The number of ether oxygens (including phenoxy) is 1. The summed E-state index contributed by atoms with van der Waals surface area (Å²) in [5.41, 5.74) is 0.707. The Labute approximate surface area is 245 Å². The molecule has 0 aromatic heterocycles. The maximum absolute atomic E-state index is 14.1. The van der Waals surface area contributed by atoms with E-state index in [0.29, 0.717) is 10.7 Å². The topological polar surface area (TPSA) is 79.3 Å². The Kier molecular flexibility index (Phi) is 10.5. The van der Waals surface area contributed by atoms with Gasteiger partial charge in [-0.3, -0.25) is 9.59 Å². The molecule has 0 aliphatic heterocycles. The van der Waals surface area contributed by atoms with Crippen LogP contribution in [0.1, 0.15) is 40.2 Å². The van der Waals surface area contributed by atoms with Gasteiger partial charge >= 0.3 is 6.09 Å². The number of benzene rings is 3. The van der Waals surface area contributed by atoms with E-state index in [1.165, 1.54) is 18.2 Å². The van der Waals surface area contributed by atoms with Crippen molar-refractivity contribution in [3.8, 4) is 0 Å². The average molecular weight is 583 g/mol. The van der Waals surface area contributed by atoms with Crippen LogP contribution in [0.2, 0.25) is 10.0 Å². The fourth-order valence-corrected chi connectivity index (χ4v) is 4.34. The molecule has 9 heteroatoms. The molecule has 0 aliphatic carbocycles. The summed E-state index contributed by atoms with van der Waals surface area (Å²) in [5, 5.41) is 0.343. The molecule has 0 aliphatic rings. The number of imide groups is 1. The summed E-state index contributed by atoms with van der Waals surface area (Å²) in [5.74, 6) is -1.51. The van der Waals surface area contributed by atoms with Gasteiger partial charge in [0.1, 0.15) is 6.61 Å². The number of carbonyl (C=O) groups is 3. The second-order valence-electron chi connectivity index (χ2n) is 10.0. The first-order valence-corrected chi connectivity index (χ1v) is 13.7. The van der Waals surface area contributed by atoms with Crippen LogP contribution in [-0.4, -0.2) is 36.6 Å². The van der Waals surface area contributed by atoms with E-state index in [0.717, 1.165) is 29.2 Å². The number of carbonyl (C=O) groups excluding carboxylic acids is 3. The van der Waals surface area contributed by atoms with E-state index < -0.39 is 28.9 Å². The highest BCUT2D eigenvalue weighted by Gasteiger charge is 2.38. The molecule has 0 radical (unpaired) electrons. The van der Waals surface area contributed by atoms with Crippen LogP contribution in [0.3, 0.4) is 0 Å². The van der Waals surface area contributed by atoms with Gasteiger partial charge in [0, 0.05) is 29.2 Å². The van der Waals surface area contributed by atoms with Gasteiger partial charge in [-0.1, -0.05) is 74.3 Å². The maximum atomic E-state index is 14.1. The molecular weight excluding hydrogens is 549 g/mol. The van der Waals surface area contributed by atoms with Gasteiger partial charge in [-0.2, -0.15) is 0 Å². The smallest absolute Gasteiger partial charge is 0.421 e. The minimum atomic E-state index is -1.01. The summed E-state index contributed by atoms with van der Waals surface area (Å²) in [4.78, 5) is 48.4. The Balaban J connectivity index is 2.08. The fraction of sp³-hybridized carbons (Fsp3) is 0.290. The lowest BCUT2D eigenvalue weighted by atomic mass is 9.87. The number of anilines is 2. The van der Waals surface area contributed by atoms with Crippen LogP contribution in [0.15, 0.2) is 77.8 Å². The summed E-state index contributed by atoms with van der Waals surface area (Å²) in [6.07, 6.45) is -1.01. The van der Waals surface area contributed by atoms with E-state index >= 15 is 0 Å². The number of amides is 2. The van der Waals surface area contributed by atoms with Crippen LogP contribution < -0.4 is 9.80 Å². The third-order valence-electron chi connectivity index (χ3n) is 6.06. The van der Waals surface area contributed by atoms with E-state index in [2.05, 4.69) is 23.7 Å². The van der Waals surface area contributed by atoms with Gasteiger partial charge in [-0.05, 0) is 61.9 Å². The fourth-order valence-electron chi connectivity index (χ4n) is 3.85. The zero-order valence-corrected chi connectivity index (χ0v) is 24.8. The number of nitrogens with zero attached hydrogens (tertiary/aromatic N) is 3. The standard InChI is InChI=1S/C31H33Cl2N3O4/c1-6-35(7-2)24-16-14-23(15-17-24)34-27(28(37)31(3,4)5)29(38)36(26-18-13-22(32)19-25(26)33)30(39)40-20-21-11-9-8-10-12-21/h8-19H,6-7,20H2,1-5H3/b34-27-. The summed E-state index contributed by atoms with van der Waals surface area (Å²) in [7, 11) is 0. The van der Waals surface area contributed by atoms with Crippen molar-refractivity contribution < 1.29 is 19.1 Å². The third kappa shape index (κ3) is 7.71. The van der Waals surface area contributed by atoms with Crippen molar-refractivity contribution in [2.75, 3.05) is 22.9 Å². The quantitative estimate of drug-likeness (QED) is 0.189. The normalized spacial score (nSPS) is 11.6. The van der Waals surface area contributed by atoms with Crippen molar-refractivity contribution in [3.63, 3.8) is 0 Å². The first-order chi connectivity index (χ1) is 19.0. The zero-order chi connectivity index (χ0) is 29.4. The van der Waals surface area contributed by atoms with Crippen LogP contribution >= 0.6 is 23.2 Å². The molecule has 3 aromatic carbocycles. The number of rotatable bonds is 9. The molecule has 0 spiro atoms. The predicted octanol–water partition coefficient (Wildman–Crippen LogP) is 7.90. The van der Waals surface area contributed by atoms with E-state index in [1.54, 1.807) is 57.2 Å². The lowest BCUT2D eigenvalue weighted by molar-refractivity contribution is -0.121. The molecule has 7 nitrogen and oxygen atoms in total. The molecule has 0 N–H and O–H groups in total. The second kappa shape index (κ2) is 13.6. The van der Waals surface area contributed by atoms with Crippen LogP contribution in [0.4, 0.5) is 21.9 Å². The summed E-state index contributed by atoms with van der Waals surface area (Å²) in [6, 6.07) is 20.5. The van der Waals surface area contributed by atoms with Crippen LogP contribution in [-0.2, 0) is 20.9 Å². The van der Waals surface area contributed by atoms with Crippen molar-refractivity contribution in [1.29, 1.82) is 0 Å². The van der Waals surface area contributed by atoms with Crippen molar-refractivity contribution in [3.05, 3.63) is 88.4 Å². The number of aliphatic imine (C=N–C) groups is 1. The summed E-state index contributed by atoms with van der Waals surface area (Å²) >= 11 is 12.5. The van der Waals surface area contributed by atoms with Crippen LogP contribution in [0, 0.1) is 5.41 Å². The lowest BCUT2D eigenvalue weighted by Crippen LogP contribution is -2.46. The zero-order valence-electron chi connectivity index (χ0n) is 23.3. The number of hydrogen-bond acceptors (Lipinski definition) is 6. The monoisotopic (exact) mass is 581 g/mol. The Morgan fingerprint density at radius 2 is 1.50 bits per heavy atom. The van der Waals surface area contributed by atoms with E-state index in [9.17, 15) is 14.4 Å². The molecule has 0 heterocycles. The molecule has 40 heavy (non-hydrogen) atoms. The Morgan fingerprint density at radius 1 is 0.875 bits per heavy atom. The molecule has 3 aromatic rings. The van der Waals surface area contributed by atoms with Gasteiger partial charge in [0.2, 0.25) is 0 Å². The maximum Gasteiger partial charge on any atom is 0.421 e. The van der Waals surface area contributed by atoms with Gasteiger partial charge in [-0.25, -0.2) is 14.7 Å². The highest BCUT2D eigenvalue weighted by molar-refractivity contribution is 6.70. The van der Waals surface area contributed by atoms with Gasteiger partial charge in [-0.15, -0.1) is 0 Å². The van der Waals surface area contributed by atoms with Gasteiger partial charge < -0.3 is 9.64 Å². The molecule has 210 valence electrons. The first kappa shape index (κ1) is 30.9. The molecule has 0 saturated carbocycles. The molecule has 0 bridgehead atoms. The highest BCUT2D eigenvalue weighted by atomic mass is 35.5. The van der Waals surface area contributed by atoms with Crippen molar-refractivity contribution >= 4 is 63.8 Å². The number of hydrogen-bond donors (Lipinski definition) is 0. The molecular formula is C31H33Cl2N3O4. The Bertz CT molecular complexity index is 1380. The molecule has 0 unspecified atom stereocenters. The number of halogens is 2. The SMILES string of the molecule is CCN(CC)c1ccc(/N=C(\C(=O)N(C(=O)OCc2ccccc2)c2ccc(Cl)cc2Cl)C(=O)C(C)(C)C)cc1. The number of Topliss-reactive ketones (excluding diaryl/α,β-unsaturated/α-hetero) is 1. The molecule has 2 amide bonds. The third-order valence-corrected chi connectivity index (χ3v) is 6.60. The van der Waals surface area contributed by atoms with Crippen LogP contribution in [0.5, 0.6) is 0 Å². The molecule has 0 atom stereocenters. The van der Waals surface area contributed by atoms with Crippen molar-refractivity contribution in [1.82, 2.24) is 0 Å². The predicted molar refractivity (Wildman–Crippen MR) is 162 cm³/mol. The Hall–Kier alpha value is -3.68. The molecule has 0 saturated heterocycles. The largest absolute Gasteiger partial charge is 0.444 e. The van der Waals surface area contributed by atoms with Crippen molar-refractivity contribution in [2.24, 2.45) is 10.4 Å². The van der Waals surface area contributed by atoms with Gasteiger partial charge in [0.05, 0.1) is 16.4 Å². The Morgan fingerprint density at radius 3 is 2.05 bits per heavy atom. The minimum absolute atomic E-state index is 0.0143. The van der Waals surface area contributed by atoms with Crippen molar-refractivity contribution in [2.45, 2.75) is 41.2 Å². The average Bonchev–Trinajstić information content (AvgIpc) is 2.93. The van der Waals surface area contributed by atoms with Gasteiger partial charge in [0.25, 0.3) is 5.91 Å². The number of ketones is 1. The summed E-state index contributed by atoms with van der Waals surface area (Å²) < 4.78 is 5.49. The second-order valence-corrected chi connectivity index (χ2v) is 10.8. The molecule has 0 fully saturated rings.